The maximum atomic E-state index is 11.6. The summed E-state index contributed by atoms with van der Waals surface area (Å²) in [6.07, 6.45) is 2.46. The Morgan fingerprint density at radius 1 is 1.43 bits per heavy atom. The highest BCUT2D eigenvalue weighted by Crippen LogP contribution is 2.12. The van der Waals surface area contributed by atoms with Gasteiger partial charge in [0.15, 0.2) is 0 Å². The van der Waals surface area contributed by atoms with E-state index in [4.69, 9.17) is 5.11 Å². The van der Waals surface area contributed by atoms with Crippen LogP contribution >= 0.6 is 15.9 Å². The standard InChI is InChI=1S/C12H8BrN3O5/c13-8-5-15(6-10(11(8)17)16(20)21)4-7-2-1-3-9(14-7)12(18)19/h1-3,5-6H,4H2,(H,18,19). The predicted octanol–water partition coefficient (Wildman–Crippen LogP) is 1.66. The van der Waals surface area contributed by atoms with Crippen molar-refractivity contribution in [2.75, 3.05) is 0 Å². The summed E-state index contributed by atoms with van der Waals surface area (Å²) in [6, 6.07) is 4.46. The van der Waals surface area contributed by atoms with Gasteiger partial charge in [-0.3, -0.25) is 14.9 Å². The van der Waals surface area contributed by atoms with Gasteiger partial charge in [0.25, 0.3) is 5.43 Å². The van der Waals surface area contributed by atoms with E-state index in [1.54, 1.807) is 6.07 Å². The SMILES string of the molecule is O=C(O)c1cccc(Cn2cc(Br)c(=O)c([N+](=O)[O-])c2)n1. The Labute approximate surface area is 126 Å². The van der Waals surface area contributed by atoms with Crippen molar-refractivity contribution in [1.29, 1.82) is 0 Å². The number of hydrogen-bond acceptors (Lipinski definition) is 5. The van der Waals surface area contributed by atoms with Crippen molar-refractivity contribution in [2.45, 2.75) is 6.54 Å². The summed E-state index contributed by atoms with van der Waals surface area (Å²) < 4.78 is 1.43. The van der Waals surface area contributed by atoms with Crippen LogP contribution in [0.4, 0.5) is 5.69 Å². The van der Waals surface area contributed by atoms with E-state index in [0.29, 0.717) is 5.69 Å². The molecule has 0 aromatic carbocycles. The molecule has 9 heteroatoms. The Hall–Kier alpha value is -2.55. The van der Waals surface area contributed by atoms with Crippen LogP contribution in [-0.2, 0) is 6.54 Å². The first-order chi connectivity index (χ1) is 9.88. The zero-order chi connectivity index (χ0) is 15.6. The summed E-state index contributed by atoms with van der Waals surface area (Å²) in [5.41, 5.74) is -1.01. The molecular formula is C12H8BrN3O5. The second kappa shape index (κ2) is 5.83. The number of halogens is 1. The fourth-order valence-electron chi connectivity index (χ4n) is 1.67. The molecular weight excluding hydrogens is 346 g/mol. The number of rotatable bonds is 4. The van der Waals surface area contributed by atoms with Crippen LogP contribution in [0.15, 0.2) is 39.9 Å². The molecule has 0 spiro atoms. The van der Waals surface area contributed by atoms with Crippen molar-refractivity contribution in [3.05, 3.63) is 66.8 Å². The van der Waals surface area contributed by atoms with Gasteiger partial charge in [0.2, 0.25) is 0 Å². The number of pyridine rings is 2. The third-order valence-electron chi connectivity index (χ3n) is 2.58. The maximum Gasteiger partial charge on any atom is 0.354 e. The molecule has 0 radical (unpaired) electrons. The summed E-state index contributed by atoms with van der Waals surface area (Å²) in [7, 11) is 0. The average Bonchev–Trinajstić information content (AvgIpc) is 2.42. The summed E-state index contributed by atoms with van der Waals surface area (Å²) in [5, 5.41) is 19.7. The molecule has 21 heavy (non-hydrogen) atoms. The van der Waals surface area contributed by atoms with Gasteiger partial charge in [-0.15, -0.1) is 0 Å². The molecule has 0 bridgehead atoms. The lowest BCUT2D eigenvalue weighted by atomic mass is 10.3. The lowest BCUT2D eigenvalue weighted by Crippen LogP contribution is -2.14. The molecule has 0 atom stereocenters. The molecule has 108 valence electrons. The summed E-state index contributed by atoms with van der Waals surface area (Å²) >= 11 is 2.96. The van der Waals surface area contributed by atoms with Crippen molar-refractivity contribution in [3.63, 3.8) is 0 Å². The molecule has 0 aliphatic heterocycles. The second-order valence-electron chi connectivity index (χ2n) is 4.07. The lowest BCUT2D eigenvalue weighted by molar-refractivity contribution is -0.386. The van der Waals surface area contributed by atoms with Crippen LogP contribution in [0, 0.1) is 10.1 Å². The van der Waals surface area contributed by atoms with Crippen molar-refractivity contribution >= 4 is 27.6 Å². The van der Waals surface area contributed by atoms with E-state index in [9.17, 15) is 19.7 Å². The highest BCUT2D eigenvalue weighted by molar-refractivity contribution is 9.10. The van der Waals surface area contributed by atoms with E-state index in [1.165, 1.54) is 22.9 Å². The van der Waals surface area contributed by atoms with Crippen LogP contribution in [0.1, 0.15) is 16.2 Å². The Kier molecular flexibility index (Phi) is 4.13. The second-order valence-corrected chi connectivity index (χ2v) is 4.92. The molecule has 0 aliphatic rings. The molecule has 2 heterocycles. The highest BCUT2D eigenvalue weighted by Gasteiger charge is 2.16. The third-order valence-corrected chi connectivity index (χ3v) is 3.15. The van der Waals surface area contributed by atoms with Gasteiger partial charge in [-0.25, -0.2) is 9.78 Å². The normalized spacial score (nSPS) is 10.3. The van der Waals surface area contributed by atoms with Gasteiger partial charge in [0.05, 0.1) is 27.8 Å². The highest BCUT2D eigenvalue weighted by atomic mass is 79.9. The fraction of sp³-hybridized carbons (Fsp3) is 0.0833. The Bertz CT molecular complexity index is 787. The predicted molar refractivity (Wildman–Crippen MR) is 75.4 cm³/mol. The number of carboxylic acids is 1. The van der Waals surface area contributed by atoms with Gasteiger partial charge in [-0.05, 0) is 28.1 Å². The third kappa shape index (κ3) is 3.31. The van der Waals surface area contributed by atoms with E-state index >= 15 is 0 Å². The van der Waals surface area contributed by atoms with Crippen molar-refractivity contribution < 1.29 is 14.8 Å². The molecule has 0 fully saturated rings. The summed E-state index contributed by atoms with van der Waals surface area (Å²) in [5.74, 6) is -1.16. The minimum atomic E-state index is -1.16. The molecule has 2 rings (SSSR count). The first-order valence-corrected chi connectivity index (χ1v) is 6.41. The molecule has 2 aromatic heterocycles. The number of carboxylic acid groups (broad SMARTS) is 1. The molecule has 0 aliphatic carbocycles. The first-order valence-electron chi connectivity index (χ1n) is 5.61. The Morgan fingerprint density at radius 3 is 2.76 bits per heavy atom. The van der Waals surface area contributed by atoms with Crippen LogP contribution in [0.25, 0.3) is 0 Å². The molecule has 0 unspecified atom stereocenters. The number of aromatic nitrogens is 2. The fourth-order valence-corrected chi connectivity index (χ4v) is 2.14. The van der Waals surface area contributed by atoms with Crippen molar-refractivity contribution in [2.24, 2.45) is 0 Å². The smallest absolute Gasteiger partial charge is 0.354 e. The zero-order valence-corrected chi connectivity index (χ0v) is 12.0. The number of carbonyl (C=O) groups is 1. The van der Waals surface area contributed by atoms with Crippen LogP contribution in [-0.4, -0.2) is 25.6 Å². The maximum absolute atomic E-state index is 11.6. The lowest BCUT2D eigenvalue weighted by Gasteiger charge is -2.07. The Balaban J connectivity index is 2.40. The van der Waals surface area contributed by atoms with Gasteiger partial charge < -0.3 is 9.67 Å². The van der Waals surface area contributed by atoms with E-state index in [1.807, 2.05) is 0 Å². The zero-order valence-electron chi connectivity index (χ0n) is 10.4. The summed E-state index contributed by atoms with van der Waals surface area (Å²) in [6.45, 7) is 0.0981. The van der Waals surface area contributed by atoms with Gasteiger partial charge in [0.1, 0.15) is 5.69 Å². The quantitative estimate of drug-likeness (QED) is 0.660. The topological polar surface area (TPSA) is 115 Å². The number of nitro groups is 1. The van der Waals surface area contributed by atoms with Crippen LogP contribution in [0.2, 0.25) is 0 Å². The van der Waals surface area contributed by atoms with Crippen molar-refractivity contribution in [3.8, 4) is 0 Å². The molecule has 8 nitrogen and oxygen atoms in total. The monoisotopic (exact) mass is 353 g/mol. The van der Waals surface area contributed by atoms with E-state index in [0.717, 1.165) is 6.20 Å². The molecule has 0 saturated carbocycles. The van der Waals surface area contributed by atoms with Crippen LogP contribution < -0.4 is 5.43 Å². The molecule has 0 saturated heterocycles. The van der Waals surface area contributed by atoms with Gasteiger partial charge in [-0.2, -0.15) is 0 Å². The van der Waals surface area contributed by atoms with Gasteiger partial charge in [-0.1, -0.05) is 6.07 Å². The largest absolute Gasteiger partial charge is 0.477 e. The Morgan fingerprint density at radius 2 is 2.14 bits per heavy atom. The first kappa shape index (κ1) is 14.9. The van der Waals surface area contributed by atoms with E-state index in [-0.39, 0.29) is 16.7 Å². The number of aromatic carboxylic acids is 1. The van der Waals surface area contributed by atoms with E-state index < -0.39 is 22.0 Å². The van der Waals surface area contributed by atoms with Crippen LogP contribution in [0.5, 0.6) is 0 Å². The van der Waals surface area contributed by atoms with Gasteiger partial charge >= 0.3 is 11.7 Å². The minimum Gasteiger partial charge on any atom is -0.477 e. The molecule has 1 N–H and O–H groups in total. The van der Waals surface area contributed by atoms with E-state index in [2.05, 4.69) is 20.9 Å². The molecule has 2 aromatic rings. The van der Waals surface area contributed by atoms with Crippen LogP contribution in [0.3, 0.4) is 0 Å². The van der Waals surface area contributed by atoms with Crippen molar-refractivity contribution in [1.82, 2.24) is 9.55 Å². The number of nitrogens with zero attached hydrogens (tertiary/aromatic N) is 3. The minimum absolute atomic E-state index is 0.0473. The van der Waals surface area contributed by atoms with Gasteiger partial charge in [0, 0.05) is 6.20 Å². The average molecular weight is 354 g/mol. The molecule has 0 amide bonds. The number of hydrogen-bond donors (Lipinski definition) is 1. The summed E-state index contributed by atoms with van der Waals surface area (Å²) in [4.78, 5) is 36.3.